The molecule has 5 nitrogen and oxygen atoms in total. The molecule has 0 aromatic heterocycles. The van der Waals surface area contributed by atoms with Crippen molar-refractivity contribution in [2.75, 3.05) is 10.6 Å². The van der Waals surface area contributed by atoms with E-state index in [0.717, 1.165) is 78.0 Å². The molecule has 336 valence electrons. The van der Waals surface area contributed by atoms with Gasteiger partial charge in [0.2, 0.25) is 0 Å². The fraction of sp³-hybridized carbons (Fsp3) is 0.113. The Labute approximate surface area is 399 Å². The fourth-order valence-corrected chi connectivity index (χ4v) is 6.97. The van der Waals surface area contributed by atoms with Gasteiger partial charge in [0.15, 0.2) is 0 Å². The van der Waals surface area contributed by atoms with Crippen molar-refractivity contribution in [2.45, 2.75) is 45.1 Å². The van der Waals surface area contributed by atoms with E-state index in [-0.39, 0.29) is 0 Å². The average Bonchev–Trinajstić information content (AvgIpc) is 3.41. The lowest BCUT2D eigenvalue weighted by Crippen LogP contribution is -2.02. The number of aliphatic imine (C=N–C) groups is 1. The Kier molecular flexibility index (Phi) is 20.8. The summed E-state index contributed by atoms with van der Waals surface area (Å²) in [7, 11) is 0. The minimum absolute atomic E-state index is 0.640. The van der Waals surface area contributed by atoms with E-state index >= 15 is 0 Å². The predicted octanol–water partition coefficient (Wildman–Crippen LogP) is 14.7. The van der Waals surface area contributed by atoms with Crippen LogP contribution in [-0.4, -0.2) is 6.21 Å². The number of allylic oxidation sites excluding steroid dienone is 9. The predicted molar refractivity (Wildman–Crippen MR) is 288 cm³/mol. The molecule has 0 fully saturated rings. The molecule has 0 saturated heterocycles. The first-order chi connectivity index (χ1) is 33.1. The molecule has 7 aromatic carbocycles. The number of hydrogen-bond donors (Lipinski definition) is 4. The highest BCUT2D eigenvalue weighted by atomic mass is 14.9. The van der Waals surface area contributed by atoms with Crippen LogP contribution in [0.2, 0.25) is 0 Å². The Morgan fingerprint density at radius 3 is 1.52 bits per heavy atom. The third kappa shape index (κ3) is 18.6. The maximum Gasteiger partial charge on any atom is 0.0665 e. The molecule has 0 aliphatic heterocycles. The van der Waals surface area contributed by atoms with Crippen LogP contribution in [0.5, 0.6) is 0 Å². The van der Waals surface area contributed by atoms with Crippen molar-refractivity contribution in [2.24, 2.45) is 16.5 Å². The Balaban J connectivity index is 0.000000155. The van der Waals surface area contributed by atoms with Crippen LogP contribution in [0.25, 0.3) is 11.4 Å². The van der Waals surface area contributed by atoms with Crippen molar-refractivity contribution < 1.29 is 0 Å². The molecule has 0 bridgehead atoms. The number of rotatable bonds is 13. The van der Waals surface area contributed by atoms with Crippen molar-refractivity contribution in [3.05, 3.63) is 300 Å². The molecular formula is C62H63N5. The Hall–Kier alpha value is -7.99. The molecule has 0 atom stereocenters. The monoisotopic (exact) mass is 878 g/mol. The molecule has 0 heterocycles. The molecule has 0 amide bonds. The van der Waals surface area contributed by atoms with Crippen molar-refractivity contribution in [1.82, 2.24) is 0 Å². The number of anilines is 2. The van der Waals surface area contributed by atoms with Crippen LogP contribution in [0.1, 0.15) is 59.1 Å². The summed E-state index contributed by atoms with van der Waals surface area (Å²) < 4.78 is 0. The average molecular weight is 878 g/mol. The van der Waals surface area contributed by atoms with Gasteiger partial charge in [-0.25, -0.2) is 0 Å². The molecule has 0 radical (unpaired) electrons. The molecule has 2 aliphatic rings. The van der Waals surface area contributed by atoms with Gasteiger partial charge in [-0.3, -0.25) is 4.99 Å². The normalized spacial score (nSPS) is 13.0. The van der Waals surface area contributed by atoms with E-state index in [2.05, 4.69) is 144 Å². The number of nitrogens with zero attached hydrogens (tertiary/aromatic N) is 1. The maximum absolute atomic E-state index is 6.00. The largest absolute Gasteiger partial charge is 0.398 e. The van der Waals surface area contributed by atoms with Crippen LogP contribution in [0.4, 0.5) is 11.4 Å². The molecule has 67 heavy (non-hydrogen) atoms. The standard InChI is InChI=1S/C22H19N.C18H20N2.C15H15N.C7H9N/c1-4-10-19(11-5-1)16-17-22(21-14-8-3-9-15-21)23-18-20-12-6-2-7-13-20;1-3-7-15(8-4-1)19-17-11-13-18(14-12-17)20-16-9-5-2-6-10-16;16-15(14-9-5-2-6-10-14)12-11-13-7-3-1-4-8-13;8-6-7-4-2-1-3-5-7/h1-15,17-18H,16H2;1,3,5,7,9-14,19-20H,2,4,6,8H2;1-10,12H,11,16H2;1-5H,6,8H2/b22-17-,23-18?;;15-12-;. The zero-order valence-electron chi connectivity index (χ0n) is 38.4. The Bertz CT molecular complexity index is 2670. The number of nitrogens with two attached hydrogens (primary N) is 2. The van der Waals surface area contributed by atoms with Gasteiger partial charge in [0.1, 0.15) is 0 Å². The van der Waals surface area contributed by atoms with Crippen LogP contribution in [-0.2, 0) is 19.4 Å². The molecule has 5 heteroatoms. The molecule has 2 aliphatic carbocycles. The quantitative estimate of drug-likeness (QED) is 0.0869. The van der Waals surface area contributed by atoms with Gasteiger partial charge in [-0.1, -0.05) is 218 Å². The first-order valence-electron chi connectivity index (χ1n) is 23.2. The lowest BCUT2D eigenvalue weighted by Gasteiger charge is -2.14. The Morgan fingerprint density at radius 1 is 0.507 bits per heavy atom. The van der Waals surface area contributed by atoms with Gasteiger partial charge in [-0.15, -0.1) is 0 Å². The van der Waals surface area contributed by atoms with Crippen molar-refractivity contribution in [3.63, 3.8) is 0 Å². The van der Waals surface area contributed by atoms with Crippen LogP contribution >= 0.6 is 0 Å². The van der Waals surface area contributed by atoms with E-state index < -0.39 is 0 Å². The van der Waals surface area contributed by atoms with Gasteiger partial charge < -0.3 is 22.1 Å². The van der Waals surface area contributed by atoms with Crippen molar-refractivity contribution in [3.8, 4) is 0 Å². The smallest absolute Gasteiger partial charge is 0.0665 e. The molecular weight excluding hydrogens is 815 g/mol. The van der Waals surface area contributed by atoms with Crippen molar-refractivity contribution in [1.29, 1.82) is 0 Å². The van der Waals surface area contributed by atoms with Gasteiger partial charge >= 0.3 is 0 Å². The minimum atomic E-state index is 0.640. The van der Waals surface area contributed by atoms with Gasteiger partial charge in [0.25, 0.3) is 0 Å². The highest BCUT2D eigenvalue weighted by Gasteiger charge is 2.03. The van der Waals surface area contributed by atoms with E-state index in [1.807, 2.05) is 128 Å². The summed E-state index contributed by atoms with van der Waals surface area (Å²) in [6.07, 6.45) is 25.5. The maximum atomic E-state index is 6.00. The van der Waals surface area contributed by atoms with Crippen LogP contribution in [0.15, 0.2) is 271 Å². The lowest BCUT2D eigenvalue weighted by atomic mass is 10.1. The zero-order valence-corrected chi connectivity index (χ0v) is 38.4. The SMILES string of the molecule is C(=N/C(=C\Cc1ccccc1)c1ccccc1)c1ccccc1.C1=CCCC(Nc2ccc(NC3=CCCC=C3)cc2)=C1.N/C(=C\Cc1ccccc1)c1ccccc1.NCc1ccccc1. The summed E-state index contributed by atoms with van der Waals surface area (Å²) >= 11 is 0. The molecule has 7 aromatic rings. The van der Waals surface area contributed by atoms with E-state index in [4.69, 9.17) is 16.5 Å². The molecule has 0 saturated carbocycles. The second kappa shape index (κ2) is 28.7. The van der Waals surface area contributed by atoms with Gasteiger partial charge in [-0.2, -0.15) is 0 Å². The van der Waals surface area contributed by atoms with Gasteiger partial charge in [0, 0.05) is 41.2 Å². The summed E-state index contributed by atoms with van der Waals surface area (Å²) in [4.78, 5) is 4.72. The first-order valence-corrected chi connectivity index (χ1v) is 23.2. The highest BCUT2D eigenvalue weighted by molar-refractivity contribution is 5.85. The number of hydrogen-bond acceptors (Lipinski definition) is 5. The second-order valence-electron chi connectivity index (χ2n) is 15.8. The molecule has 0 spiro atoms. The summed E-state index contributed by atoms with van der Waals surface area (Å²) in [6, 6.07) is 69.8. The van der Waals surface area contributed by atoms with Crippen LogP contribution in [0.3, 0.4) is 0 Å². The first kappa shape index (κ1) is 48.5. The molecule has 6 N–H and O–H groups in total. The van der Waals surface area contributed by atoms with E-state index in [0.29, 0.717) is 6.54 Å². The van der Waals surface area contributed by atoms with E-state index in [1.54, 1.807) is 0 Å². The third-order valence-electron chi connectivity index (χ3n) is 10.7. The summed E-state index contributed by atoms with van der Waals surface area (Å²) in [5.74, 6) is 0. The Morgan fingerprint density at radius 2 is 1.01 bits per heavy atom. The van der Waals surface area contributed by atoms with Gasteiger partial charge in [0.05, 0.1) is 5.70 Å². The van der Waals surface area contributed by atoms with Crippen LogP contribution < -0.4 is 22.1 Å². The van der Waals surface area contributed by atoms with Crippen LogP contribution in [0, 0.1) is 0 Å². The highest BCUT2D eigenvalue weighted by Crippen LogP contribution is 2.21. The fourth-order valence-electron chi connectivity index (χ4n) is 6.97. The van der Waals surface area contributed by atoms with E-state index in [1.165, 1.54) is 28.1 Å². The lowest BCUT2D eigenvalue weighted by molar-refractivity contribution is 0.967. The van der Waals surface area contributed by atoms with E-state index in [9.17, 15) is 0 Å². The van der Waals surface area contributed by atoms with Gasteiger partial charge in [-0.05, 0) is 108 Å². The minimum Gasteiger partial charge on any atom is -0.398 e. The zero-order chi connectivity index (χ0) is 46.4. The topological polar surface area (TPSA) is 88.5 Å². The second-order valence-corrected chi connectivity index (χ2v) is 15.8. The summed E-state index contributed by atoms with van der Waals surface area (Å²) in [5, 5.41) is 6.90. The number of nitrogens with one attached hydrogen (secondary N) is 2. The summed E-state index contributed by atoms with van der Waals surface area (Å²) in [6.45, 7) is 0.640. The molecule has 0 unspecified atom stereocenters. The van der Waals surface area contributed by atoms with Crippen molar-refractivity contribution >= 4 is 29.0 Å². The molecule has 9 rings (SSSR count). The third-order valence-corrected chi connectivity index (χ3v) is 10.7. The summed E-state index contributed by atoms with van der Waals surface area (Å²) in [5.41, 5.74) is 25.0. The number of benzene rings is 7.